The molecule has 0 saturated heterocycles. The maximum Gasteiger partial charge on any atom is 0.0562 e. The summed E-state index contributed by atoms with van der Waals surface area (Å²) in [4.78, 5) is 6.89. The molecular formula is C16H29N3. The summed E-state index contributed by atoms with van der Waals surface area (Å²) in [7, 11) is 0. The number of pyridine rings is 1. The predicted octanol–water partition coefficient (Wildman–Crippen LogP) is 3.45. The zero-order valence-electron chi connectivity index (χ0n) is 12.9. The van der Waals surface area contributed by atoms with Crippen LogP contribution in [0.3, 0.4) is 0 Å². The molecule has 0 amide bonds. The van der Waals surface area contributed by atoms with Gasteiger partial charge in [-0.3, -0.25) is 4.98 Å². The van der Waals surface area contributed by atoms with Gasteiger partial charge in [0.15, 0.2) is 0 Å². The maximum absolute atomic E-state index is 4.42. The van der Waals surface area contributed by atoms with Crippen LogP contribution < -0.4 is 10.2 Å². The third kappa shape index (κ3) is 5.19. The Kier molecular flexibility index (Phi) is 7.49. The number of rotatable bonds is 9. The van der Waals surface area contributed by atoms with Crippen molar-refractivity contribution in [3.8, 4) is 0 Å². The fourth-order valence-corrected chi connectivity index (χ4v) is 2.29. The Morgan fingerprint density at radius 2 is 1.95 bits per heavy atom. The van der Waals surface area contributed by atoms with Gasteiger partial charge in [0.25, 0.3) is 0 Å². The van der Waals surface area contributed by atoms with Gasteiger partial charge in [-0.15, -0.1) is 0 Å². The first-order valence-electron chi connectivity index (χ1n) is 7.65. The monoisotopic (exact) mass is 263 g/mol. The molecule has 0 spiro atoms. The molecule has 0 saturated carbocycles. The van der Waals surface area contributed by atoms with Gasteiger partial charge in [0.05, 0.1) is 5.69 Å². The Balaban J connectivity index is 2.74. The maximum atomic E-state index is 4.42. The van der Waals surface area contributed by atoms with Crippen molar-refractivity contribution < 1.29 is 0 Å². The van der Waals surface area contributed by atoms with Crippen molar-refractivity contribution in [2.24, 2.45) is 5.92 Å². The van der Waals surface area contributed by atoms with E-state index in [4.69, 9.17) is 0 Å². The average molecular weight is 263 g/mol. The molecule has 19 heavy (non-hydrogen) atoms. The van der Waals surface area contributed by atoms with Crippen LogP contribution in [-0.2, 0) is 6.54 Å². The van der Waals surface area contributed by atoms with Crippen LogP contribution in [0.5, 0.6) is 0 Å². The SMILES string of the molecule is CCNCc1cc(N(CC)CC(CC)CC)ccn1. The summed E-state index contributed by atoms with van der Waals surface area (Å²) in [5.74, 6) is 0.783. The summed E-state index contributed by atoms with van der Waals surface area (Å²) in [5, 5.41) is 3.33. The first kappa shape index (κ1) is 16.0. The number of nitrogens with one attached hydrogen (secondary N) is 1. The van der Waals surface area contributed by atoms with Crippen LogP contribution in [0.25, 0.3) is 0 Å². The average Bonchev–Trinajstić information content (AvgIpc) is 2.47. The zero-order chi connectivity index (χ0) is 14.1. The van der Waals surface area contributed by atoms with Gasteiger partial charge >= 0.3 is 0 Å². The van der Waals surface area contributed by atoms with E-state index in [1.807, 2.05) is 6.20 Å². The third-order valence-electron chi connectivity index (χ3n) is 3.74. The van der Waals surface area contributed by atoms with Crippen molar-refractivity contribution in [3.05, 3.63) is 24.0 Å². The molecule has 0 atom stereocenters. The van der Waals surface area contributed by atoms with Gasteiger partial charge in [0.1, 0.15) is 0 Å². The topological polar surface area (TPSA) is 28.2 Å². The number of hydrogen-bond donors (Lipinski definition) is 1. The van der Waals surface area contributed by atoms with E-state index in [9.17, 15) is 0 Å². The Labute approximate surface area is 118 Å². The van der Waals surface area contributed by atoms with Crippen molar-refractivity contribution >= 4 is 5.69 Å². The number of hydrogen-bond acceptors (Lipinski definition) is 3. The lowest BCUT2D eigenvalue weighted by Gasteiger charge is -2.27. The summed E-state index contributed by atoms with van der Waals surface area (Å²) < 4.78 is 0. The lowest BCUT2D eigenvalue weighted by molar-refractivity contribution is 0.486. The molecule has 3 nitrogen and oxygen atoms in total. The summed E-state index contributed by atoms with van der Waals surface area (Å²) in [6, 6.07) is 4.34. The standard InChI is InChI=1S/C16H29N3/c1-5-14(6-2)13-19(8-4)16-9-10-18-15(11-16)12-17-7-3/h9-11,14,17H,5-8,12-13H2,1-4H3. The van der Waals surface area contributed by atoms with E-state index in [0.717, 1.165) is 37.8 Å². The van der Waals surface area contributed by atoms with Crippen LogP contribution in [0.15, 0.2) is 18.3 Å². The van der Waals surface area contributed by atoms with Gasteiger partial charge in [-0.1, -0.05) is 33.6 Å². The van der Waals surface area contributed by atoms with E-state index in [1.165, 1.54) is 18.5 Å². The molecule has 0 radical (unpaired) electrons. The van der Waals surface area contributed by atoms with E-state index in [0.29, 0.717) is 0 Å². The molecule has 1 aromatic rings. The molecule has 108 valence electrons. The highest BCUT2D eigenvalue weighted by Gasteiger charge is 2.11. The molecule has 1 aromatic heterocycles. The van der Waals surface area contributed by atoms with Gasteiger partial charge in [-0.2, -0.15) is 0 Å². The lowest BCUT2D eigenvalue weighted by Crippen LogP contribution is -2.29. The number of anilines is 1. The minimum atomic E-state index is 0.783. The molecule has 0 aliphatic rings. The van der Waals surface area contributed by atoms with Crippen LogP contribution in [0.2, 0.25) is 0 Å². The zero-order valence-corrected chi connectivity index (χ0v) is 12.9. The van der Waals surface area contributed by atoms with Crippen molar-refractivity contribution in [2.45, 2.75) is 47.1 Å². The van der Waals surface area contributed by atoms with E-state index >= 15 is 0 Å². The molecule has 0 bridgehead atoms. The normalized spacial score (nSPS) is 11.0. The van der Waals surface area contributed by atoms with Crippen LogP contribution in [0.4, 0.5) is 5.69 Å². The highest BCUT2D eigenvalue weighted by Crippen LogP contribution is 2.18. The summed E-state index contributed by atoms with van der Waals surface area (Å²) >= 11 is 0. The van der Waals surface area contributed by atoms with Crippen molar-refractivity contribution in [1.82, 2.24) is 10.3 Å². The molecule has 1 rings (SSSR count). The lowest BCUT2D eigenvalue weighted by atomic mass is 10.0. The molecule has 3 heteroatoms. The second-order valence-corrected chi connectivity index (χ2v) is 5.01. The second-order valence-electron chi connectivity index (χ2n) is 5.01. The quantitative estimate of drug-likeness (QED) is 0.739. The third-order valence-corrected chi connectivity index (χ3v) is 3.74. The second kappa shape index (κ2) is 8.92. The van der Waals surface area contributed by atoms with Crippen LogP contribution in [-0.4, -0.2) is 24.6 Å². The van der Waals surface area contributed by atoms with E-state index in [-0.39, 0.29) is 0 Å². The Morgan fingerprint density at radius 3 is 2.53 bits per heavy atom. The van der Waals surface area contributed by atoms with Crippen LogP contribution in [0, 0.1) is 5.92 Å². The highest BCUT2D eigenvalue weighted by atomic mass is 15.1. The van der Waals surface area contributed by atoms with Crippen LogP contribution in [0.1, 0.15) is 46.2 Å². The van der Waals surface area contributed by atoms with Crippen LogP contribution >= 0.6 is 0 Å². The largest absolute Gasteiger partial charge is 0.371 e. The molecule has 1 heterocycles. The molecule has 1 N–H and O–H groups in total. The Hall–Kier alpha value is -1.09. The molecule has 0 aliphatic carbocycles. The van der Waals surface area contributed by atoms with Gasteiger partial charge < -0.3 is 10.2 Å². The Bertz CT molecular complexity index is 348. The van der Waals surface area contributed by atoms with Gasteiger partial charge in [-0.05, 0) is 31.5 Å². The number of nitrogens with zero attached hydrogens (tertiary/aromatic N) is 2. The minimum absolute atomic E-state index is 0.783. The molecule has 0 aromatic carbocycles. The van der Waals surface area contributed by atoms with E-state index in [1.54, 1.807) is 0 Å². The smallest absolute Gasteiger partial charge is 0.0562 e. The first-order valence-corrected chi connectivity index (χ1v) is 7.65. The van der Waals surface area contributed by atoms with E-state index in [2.05, 4.69) is 55.0 Å². The fraction of sp³-hybridized carbons (Fsp3) is 0.688. The van der Waals surface area contributed by atoms with Crippen molar-refractivity contribution in [2.75, 3.05) is 24.5 Å². The van der Waals surface area contributed by atoms with Gasteiger partial charge in [0, 0.05) is 31.5 Å². The highest BCUT2D eigenvalue weighted by molar-refractivity contribution is 5.46. The molecule has 0 unspecified atom stereocenters. The predicted molar refractivity (Wildman–Crippen MR) is 83.6 cm³/mol. The number of aromatic nitrogens is 1. The summed E-state index contributed by atoms with van der Waals surface area (Å²) in [5.41, 5.74) is 2.43. The molecule has 0 fully saturated rings. The first-order chi connectivity index (χ1) is 9.24. The van der Waals surface area contributed by atoms with Gasteiger partial charge in [-0.25, -0.2) is 0 Å². The van der Waals surface area contributed by atoms with Gasteiger partial charge in [0.2, 0.25) is 0 Å². The summed E-state index contributed by atoms with van der Waals surface area (Å²) in [6.45, 7) is 13.0. The van der Waals surface area contributed by atoms with E-state index < -0.39 is 0 Å². The fourth-order valence-electron chi connectivity index (χ4n) is 2.29. The van der Waals surface area contributed by atoms with Crippen molar-refractivity contribution in [3.63, 3.8) is 0 Å². The Morgan fingerprint density at radius 1 is 1.21 bits per heavy atom. The molecular weight excluding hydrogens is 234 g/mol. The summed E-state index contributed by atoms with van der Waals surface area (Å²) in [6.07, 6.45) is 4.43. The molecule has 0 aliphatic heterocycles. The minimum Gasteiger partial charge on any atom is -0.371 e. The van der Waals surface area contributed by atoms with Crippen molar-refractivity contribution in [1.29, 1.82) is 0 Å².